The average Bonchev–Trinajstić information content (AvgIpc) is 1.62. The van der Waals surface area contributed by atoms with Crippen LogP contribution in [0.1, 0.15) is 117 Å². The zero-order valence-corrected chi connectivity index (χ0v) is 60.0. The molecule has 6 aromatic heterocycles. The van der Waals surface area contributed by atoms with E-state index in [0.717, 1.165) is 19.3 Å². The standard InChI is InChI=1S/C23H29N5O7.C17H24N5O7P.C17H23N5O4.Cl2H2O2P2.H3P/c1-12(2)6-7-25-21-18-16(8-24)9-28(22(18)27-11-26-21)23-20(34-15(5)31)19(33-14(4)30)17(35-23)10-32-13(3)29;1-9(2)3-4-19-15-12-10(5-18)6-22(16(12)21-8-20-15)17-14(24)13(23)11(29-17)7-28-30(25,26)27;1-9(2)3-4-19-15-12-10(5-18)6-22(16(12)21-8-20-15)17-14(25)13(24)11(7-23)26-17;1-6(2,3)4-5;/h9,11-12,17,19-20,23H,6-7,10H2,1-5H3,(H,25,26,27);6,8-9,11,13-14,17,23-24H,3-4,7H2,1-2H3,(H,19,20,21)(H2,25,26,27);6,8-9,11,13-14,17,23-25H,3-4,7H2,1-2H3,(H,19,20,21);5H2;1H3/t17?,19?,20-,23-;2*11?,13?,14-,17-;;/m111../s1/i;;;5D;1D. The summed E-state index contributed by atoms with van der Waals surface area (Å²) in [5.41, 5.74) is 1.95. The Bertz CT molecular complexity index is 3950. The van der Waals surface area contributed by atoms with Crippen molar-refractivity contribution in [3.63, 3.8) is 0 Å². The molecule has 0 radical (unpaired) electrons. The van der Waals surface area contributed by atoms with Crippen LogP contribution < -0.4 is 16.0 Å². The number of aromatic nitrogens is 9. The third kappa shape index (κ3) is 21.8. The molecular formula is C57H81Cl2N15O20P4. The fourth-order valence-corrected chi connectivity index (χ4v) is 10.6. The number of nitriles is 3. The second kappa shape index (κ2) is 37.3. The molecule has 8 unspecified atom stereocenters. The predicted molar refractivity (Wildman–Crippen MR) is 360 cm³/mol. The van der Waals surface area contributed by atoms with Crippen LogP contribution in [0.15, 0.2) is 37.6 Å². The maximum Gasteiger partial charge on any atom is 0.469 e. The van der Waals surface area contributed by atoms with Gasteiger partial charge in [-0.25, -0.2) is 34.5 Å². The Morgan fingerprint density at radius 2 is 0.980 bits per heavy atom. The van der Waals surface area contributed by atoms with Crippen molar-refractivity contribution in [3.8, 4) is 18.2 Å². The van der Waals surface area contributed by atoms with Gasteiger partial charge in [-0.15, -0.1) is 0 Å². The number of halogens is 2. The summed E-state index contributed by atoms with van der Waals surface area (Å²) >= 11 is 9.64. The molecule has 3 saturated heterocycles. The Kier molecular flexibility index (Phi) is 30.0. The normalized spacial score (nSPS) is 23.1. The Labute approximate surface area is 580 Å². The second-order valence-corrected chi connectivity index (χ2v) is 29.3. The summed E-state index contributed by atoms with van der Waals surface area (Å²) in [6, 6.07) is 6.33. The number of phosphoric ester groups is 1. The highest BCUT2D eigenvalue weighted by molar-refractivity contribution is 8.06. The van der Waals surface area contributed by atoms with Crippen LogP contribution in [0.4, 0.5) is 17.5 Å². The zero-order chi connectivity index (χ0) is 74.5. The number of phosphoric acid groups is 1. The van der Waals surface area contributed by atoms with Crippen molar-refractivity contribution in [1.29, 1.82) is 18.3 Å². The molecule has 3 fully saturated rings. The van der Waals surface area contributed by atoms with Crippen molar-refractivity contribution in [1.82, 2.24) is 43.6 Å². The summed E-state index contributed by atoms with van der Waals surface area (Å²) in [6.07, 6.45) is -5.81. The number of nitrogens with zero attached hydrogens (tertiary/aromatic N) is 12. The Morgan fingerprint density at radius 1 is 0.612 bits per heavy atom. The lowest BCUT2D eigenvalue weighted by molar-refractivity contribution is -0.166. The number of hydrogen-bond donors (Lipinski definition) is 10. The smallest absolute Gasteiger partial charge is 0.463 e. The molecule has 3 aliphatic heterocycles. The first kappa shape index (κ1) is 78.9. The van der Waals surface area contributed by atoms with E-state index >= 15 is 0 Å². The SMILES string of the molecule is CC(=O)OCC1O[C@@H](n2cc(C#N)c3c(NCCC(C)C)ncnc32)[C@H](OC(C)=O)C1OC(C)=O.CC(C)CCNc1ncnc2c1c(C#N)cn2[C@@H]1OC(CO)C(O)[C@H]1O.CC(C)CCNc1ncnc2c1c(C#N)cn2[C@@H]1OC(COP(=O)(O)O)C(O)[C@H]1O.[2H]P.[2H]POP(=O)(Cl)Cl. The van der Waals surface area contributed by atoms with Gasteiger partial charge >= 0.3 is 31.8 Å². The minimum absolute atomic E-state index is 0.233. The van der Waals surface area contributed by atoms with Gasteiger partial charge in [0.1, 0.15) is 121 Å². The minimum Gasteiger partial charge on any atom is -0.463 e. The maximum absolute atomic E-state index is 11.9. The molecule has 0 aliphatic carbocycles. The monoisotopic (exact) mass is 1490 g/mol. The number of hydrogen-bond acceptors (Lipinski definition) is 30. The molecule has 0 saturated carbocycles. The molecule has 0 bridgehead atoms. The van der Waals surface area contributed by atoms with Crippen LogP contribution in [0.5, 0.6) is 0 Å². The average molecular weight is 1490 g/mol. The number of nitrogens with one attached hydrogen (secondary N) is 3. The lowest BCUT2D eigenvalue weighted by Crippen LogP contribution is -2.40. The third-order valence-electron chi connectivity index (χ3n) is 14.8. The Hall–Kier alpha value is -6.44. The molecule has 0 spiro atoms. The van der Waals surface area contributed by atoms with Gasteiger partial charge in [-0.05, 0) is 59.5 Å². The van der Waals surface area contributed by atoms with E-state index < -0.39 is 128 Å². The fourth-order valence-electron chi connectivity index (χ4n) is 10.2. The molecule has 0 amide bonds. The van der Waals surface area contributed by atoms with E-state index in [-0.39, 0.29) is 17.7 Å². The van der Waals surface area contributed by atoms with Gasteiger partial charge in [-0.1, -0.05) is 41.5 Å². The van der Waals surface area contributed by atoms with Gasteiger partial charge in [-0.2, -0.15) is 25.6 Å². The summed E-state index contributed by atoms with van der Waals surface area (Å²) in [5.74, 6) is 1.16. The molecule has 35 nitrogen and oxygen atoms in total. The quantitative estimate of drug-likeness (QED) is 0.0195. The number of rotatable bonds is 25. The molecule has 538 valence electrons. The number of carbonyl (C=O) groups is 3. The van der Waals surface area contributed by atoms with E-state index in [1.165, 1.54) is 67.5 Å². The van der Waals surface area contributed by atoms with Crippen molar-refractivity contribution in [2.45, 2.75) is 155 Å². The molecule has 14 atom stereocenters. The van der Waals surface area contributed by atoms with Crippen LogP contribution in [0.3, 0.4) is 0 Å². The highest BCUT2D eigenvalue weighted by atomic mass is 35.9. The van der Waals surface area contributed by atoms with Crippen LogP contribution in [-0.4, -0.2) is 194 Å². The molecule has 9 heterocycles. The molecule has 10 N–H and O–H groups in total. The van der Waals surface area contributed by atoms with Crippen LogP contribution in [0, 0.1) is 51.7 Å². The van der Waals surface area contributed by atoms with Crippen molar-refractivity contribution in [2.24, 2.45) is 17.8 Å². The minimum atomic E-state index is -4.77. The van der Waals surface area contributed by atoms with Crippen LogP contribution in [-0.2, 0) is 60.8 Å². The number of esters is 3. The summed E-state index contributed by atoms with van der Waals surface area (Å²) in [6.45, 7) is 17.0. The van der Waals surface area contributed by atoms with E-state index in [1.807, 2.05) is 0 Å². The first-order valence-electron chi connectivity index (χ1n) is 31.2. The summed E-state index contributed by atoms with van der Waals surface area (Å²) in [7, 11) is -3.77. The first-order valence-corrected chi connectivity index (χ1v) is 35.5. The van der Waals surface area contributed by atoms with Gasteiger partial charge in [0.2, 0.25) is 0 Å². The number of fused-ring (bicyclic) bond motifs is 3. The lowest BCUT2D eigenvalue weighted by atomic mass is 10.1. The van der Waals surface area contributed by atoms with Gasteiger partial charge in [0, 0.05) is 68.4 Å². The lowest BCUT2D eigenvalue weighted by Gasteiger charge is -2.24. The summed E-state index contributed by atoms with van der Waals surface area (Å²) in [5, 5.41) is 90.2. The molecule has 6 aromatic rings. The van der Waals surface area contributed by atoms with Gasteiger partial charge in [0.15, 0.2) is 30.9 Å². The predicted octanol–water partition coefficient (Wildman–Crippen LogP) is 5.38. The molecule has 3 aliphatic rings. The summed E-state index contributed by atoms with van der Waals surface area (Å²) in [4.78, 5) is 78.4. The number of ether oxygens (including phenoxy) is 6. The molecular weight excluding hydrogens is 1410 g/mol. The Morgan fingerprint density at radius 3 is 1.30 bits per heavy atom. The molecule has 9 rings (SSSR count). The number of aliphatic hydroxyl groups excluding tert-OH is 5. The van der Waals surface area contributed by atoms with Gasteiger partial charge < -0.3 is 93.4 Å². The van der Waals surface area contributed by atoms with Crippen LogP contribution in [0.2, 0.25) is 0 Å². The van der Waals surface area contributed by atoms with Crippen LogP contribution in [0.25, 0.3) is 33.1 Å². The maximum atomic E-state index is 11.9. The van der Waals surface area contributed by atoms with Crippen LogP contribution >= 0.6 is 55.6 Å². The molecule has 98 heavy (non-hydrogen) atoms. The van der Waals surface area contributed by atoms with E-state index in [9.17, 15) is 64.8 Å². The van der Waals surface area contributed by atoms with Gasteiger partial charge in [-0.3, -0.25) is 27.8 Å². The Balaban J connectivity index is 0.000000256. The van der Waals surface area contributed by atoms with Gasteiger partial charge in [0.25, 0.3) is 0 Å². The number of carbonyl (C=O) groups excluding carboxylic acids is 3. The topological polar surface area (TPSA) is 500 Å². The molecule has 41 heteroatoms. The van der Waals surface area contributed by atoms with Crippen molar-refractivity contribution in [3.05, 3.63) is 54.3 Å². The molecule has 0 aromatic carbocycles. The van der Waals surface area contributed by atoms with E-state index in [0.29, 0.717) is 93.5 Å². The first-order chi connectivity index (χ1) is 47.3. The van der Waals surface area contributed by atoms with Gasteiger partial charge in [0.05, 0.1) is 48.6 Å². The van der Waals surface area contributed by atoms with Crippen molar-refractivity contribution in [2.75, 3.05) is 55.4 Å². The number of aliphatic hydroxyl groups is 5. The largest absolute Gasteiger partial charge is 0.469 e. The number of anilines is 3. The van der Waals surface area contributed by atoms with E-state index in [4.69, 9.17) is 63.2 Å². The summed E-state index contributed by atoms with van der Waals surface area (Å²) < 4.78 is 79.0. The van der Waals surface area contributed by atoms with Crippen molar-refractivity contribution < 1.29 is 96.1 Å². The second-order valence-electron chi connectivity index (χ2n) is 23.4. The van der Waals surface area contributed by atoms with Crippen molar-refractivity contribution >= 4 is 124 Å². The van der Waals surface area contributed by atoms with E-state index in [1.54, 1.807) is 14.4 Å². The fraction of sp³-hybridized carbons (Fsp3) is 0.579. The zero-order valence-electron chi connectivity index (χ0n) is 56.5. The third-order valence-corrected chi connectivity index (χ3v) is 17.3. The highest BCUT2D eigenvalue weighted by Crippen LogP contribution is 2.59. The highest BCUT2D eigenvalue weighted by Gasteiger charge is 2.52. The van der Waals surface area contributed by atoms with E-state index in [2.05, 4.69) is 114 Å².